The van der Waals surface area contributed by atoms with Crippen LogP contribution in [0.15, 0.2) is 72.8 Å². The molecule has 5 nitrogen and oxygen atoms in total. The second-order valence-electron chi connectivity index (χ2n) is 6.35. The Morgan fingerprint density at radius 2 is 1.59 bits per heavy atom. The van der Waals surface area contributed by atoms with Gasteiger partial charge in [0.15, 0.2) is 0 Å². The molecule has 0 radical (unpaired) electrons. The molecule has 3 rings (SSSR count). The van der Waals surface area contributed by atoms with Crippen LogP contribution in [0.5, 0.6) is 0 Å². The summed E-state index contributed by atoms with van der Waals surface area (Å²) in [4.78, 5) is 24.0. The van der Waals surface area contributed by atoms with Gasteiger partial charge in [0.2, 0.25) is 5.91 Å². The lowest BCUT2D eigenvalue weighted by molar-refractivity contribution is -0.121. The zero-order valence-corrected chi connectivity index (χ0v) is 15.2. The Balaban J connectivity index is 1.48. The molecule has 0 saturated heterocycles. The van der Waals surface area contributed by atoms with E-state index >= 15 is 0 Å². The molecule has 27 heavy (non-hydrogen) atoms. The van der Waals surface area contributed by atoms with Crippen molar-refractivity contribution in [2.45, 2.75) is 19.4 Å². The molecular formula is C22H23N3O2. The van der Waals surface area contributed by atoms with E-state index in [0.717, 1.165) is 16.3 Å². The van der Waals surface area contributed by atoms with E-state index in [4.69, 9.17) is 0 Å². The quantitative estimate of drug-likeness (QED) is 0.615. The van der Waals surface area contributed by atoms with Gasteiger partial charge < -0.3 is 16.0 Å². The van der Waals surface area contributed by atoms with Crippen molar-refractivity contribution < 1.29 is 9.59 Å². The van der Waals surface area contributed by atoms with Gasteiger partial charge in [0.05, 0.1) is 6.04 Å². The van der Waals surface area contributed by atoms with Crippen molar-refractivity contribution in [2.24, 2.45) is 0 Å². The van der Waals surface area contributed by atoms with Crippen LogP contribution < -0.4 is 16.0 Å². The summed E-state index contributed by atoms with van der Waals surface area (Å²) >= 11 is 0. The zero-order valence-electron chi connectivity index (χ0n) is 15.2. The summed E-state index contributed by atoms with van der Waals surface area (Å²) < 4.78 is 0. The Morgan fingerprint density at radius 3 is 2.41 bits per heavy atom. The van der Waals surface area contributed by atoms with Crippen LogP contribution in [0.3, 0.4) is 0 Å². The van der Waals surface area contributed by atoms with Crippen molar-refractivity contribution in [1.29, 1.82) is 0 Å². The van der Waals surface area contributed by atoms with Crippen molar-refractivity contribution in [2.75, 3.05) is 11.9 Å². The maximum Gasteiger partial charge on any atom is 0.319 e. The first-order chi connectivity index (χ1) is 13.1. The van der Waals surface area contributed by atoms with E-state index in [2.05, 4.69) is 34.1 Å². The summed E-state index contributed by atoms with van der Waals surface area (Å²) in [7, 11) is 0. The Hall–Kier alpha value is -3.34. The number of carbonyl (C=O) groups is 2. The Kier molecular flexibility index (Phi) is 6.05. The molecule has 5 heteroatoms. The summed E-state index contributed by atoms with van der Waals surface area (Å²) in [5.41, 5.74) is 1.79. The van der Waals surface area contributed by atoms with Gasteiger partial charge in [-0.25, -0.2) is 4.79 Å². The van der Waals surface area contributed by atoms with Crippen LogP contribution in [0.25, 0.3) is 10.8 Å². The third-order valence-electron chi connectivity index (χ3n) is 4.34. The van der Waals surface area contributed by atoms with Crippen LogP contribution in [0.4, 0.5) is 10.5 Å². The maximum absolute atomic E-state index is 12.2. The van der Waals surface area contributed by atoms with Gasteiger partial charge in [-0.2, -0.15) is 0 Å². The topological polar surface area (TPSA) is 70.2 Å². The minimum atomic E-state index is -0.323. The van der Waals surface area contributed by atoms with Crippen molar-refractivity contribution in [3.63, 3.8) is 0 Å². The summed E-state index contributed by atoms with van der Waals surface area (Å²) in [6.07, 6.45) is 0.220. The smallest absolute Gasteiger partial charge is 0.319 e. The summed E-state index contributed by atoms with van der Waals surface area (Å²) in [6.45, 7) is 2.24. The van der Waals surface area contributed by atoms with Crippen LogP contribution in [0.1, 0.15) is 24.9 Å². The molecule has 0 fully saturated rings. The molecule has 1 atom stereocenters. The van der Waals surface area contributed by atoms with Crippen LogP contribution in [-0.4, -0.2) is 18.5 Å². The van der Waals surface area contributed by atoms with Crippen LogP contribution in [0.2, 0.25) is 0 Å². The summed E-state index contributed by atoms with van der Waals surface area (Å²) in [6, 6.07) is 22.9. The highest BCUT2D eigenvalue weighted by Crippen LogP contribution is 2.23. The van der Waals surface area contributed by atoms with E-state index in [1.54, 1.807) is 12.1 Å². The molecule has 0 bridgehead atoms. The normalized spacial score (nSPS) is 11.6. The van der Waals surface area contributed by atoms with Gasteiger partial charge in [0.25, 0.3) is 0 Å². The fraction of sp³-hybridized carbons (Fsp3) is 0.182. The summed E-state index contributed by atoms with van der Waals surface area (Å²) in [5, 5.41) is 10.7. The van der Waals surface area contributed by atoms with E-state index in [-0.39, 0.29) is 30.9 Å². The van der Waals surface area contributed by atoms with Crippen molar-refractivity contribution in [3.05, 3.63) is 78.4 Å². The first kappa shape index (κ1) is 18.5. The van der Waals surface area contributed by atoms with E-state index < -0.39 is 0 Å². The van der Waals surface area contributed by atoms with E-state index in [1.807, 2.05) is 49.4 Å². The van der Waals surface area contributed by atoms with Crippen LogP contribution in [-0.2, 0) is 4.79 Å². The highest BCUT2D eigenvalue weighted by Gasteiger charge is 2.12. The van der Waals surface area contributed by atoms with E-state index in [0.29, 0.717) is 5.69 Å². The fourth-order valence-corrected chi connectivity index (χ4v) is 3.01. The van der Waals surface area contributed by atoms with E-state index in [1.165, 1.54) is 0 Å². The predicted molar refractivity (Wildman–Crippen MR) is 109 cm³/mol. The molecule has 138 valence electrons. The van der Waals surface area contributed by atoms with Gasteiger partial charge in [-0.15, -0.1) is 0 Å². The number of hydrogen-bond donors (Lipinski definition) is 3. The lowest BCUT2D eigenvalue weighted by atomic mass is 9.99. The number of nitrogens with one attached hydrogen (secondary N) is 3. The summed E-state index contributed by atoms with van der Waals surface area (Å²) in [5.74, 6) is -0.101. The highest BCUT2D eigenvalue weighted by atomic mass is 16.2. The average Bonchev–Trinajstić information content (AvgIpc) is 2.68. The molecule has 3 N–H and O–H groups in total. The minimum absolute atomic E-state index is 0.101. The second kappa shape index (κ2) is 8.85. The highest BCUT2D eigenvalue weighted by molar-refractivity contribution is 5.89. The average molecular weight is 361 g/mol. The van der Waals surface area contributed by atoms with Crippen molar-refractivity contribution >= 4 is 28.4 Å². The Morgan fingerprint density at radius 1 is 0.889 bits per heavy atom. The molecule has 3 amide bonds. The standard InChI is InChI=1S/C22H23N3O2/c1-16(19-13-7-9-17-8-5-6-12-20(17)19)24-21(26)14-15-23-22(27)25-18-10-3-2-4-11-18/h2-13,16H,14-15H2,1H3,(H,24,26)(H2,23,25,27)/t16-/m1/s1. The largest absolute Gasteiger partial charge is 0.350 e. The second-order valence-corrected chi connectivity index (χ2v) is 6.35. The number of fused-ring (bicyclic) bond motifs is 1. The molecule has 0 spiro atoms. The molecule has 0 aliphatic heterocycles. The van der Waals surface area contributed by atoms with Gasteiger partial charge in [-0.3, -0.25) is 4.79 Å². The maximum atomic E-state index is 12.2. The number of para-hydroxylation sites is 1. The minimum Gasteiger partial charge on any atom is -0.350 e. The number of benzene rings is 3. The molecule has 0 unspecified atom stereocenters. The molecule has 0 heterocycles. The SMILES string of the molecule is C[C@@H](NC(=O)CCNC(=O)Nc1ccccc1)c1cccc2ccccc12. The van der Waals surface area contributed by atoms with Gasteiger partial charge in [-0.05, 0) is 35.4 Å². The van der Waals surface area contributed by atoms with Gasteiger partial charge in [0.1, 0.15) is 0 Å². The van der Waals surface area contributed by atoms with E-state index in [9.17, 15) is 9.59 Å². The number of carbonyl (C=O) groups excluding carboxylic acids is 2. The molecule has 0 aliphatic carbocycles. The Bertz CT molecular complexity index is 920. The van der Waals surface area contributed by atoms with Gasteiger partial charge in [-0.1, -0.05) is 60.7 Å². The molecule has 3 aromatic rings. The monoisotopic (exact) mass is 361 g/mol. The molecular weight excluding hydrogens is 338 g/mol. The third kappa shape index (κ3) is 5.07. The lowest BCUT2D eigenvalue weighted by Gasteiger charge is -2.17. The molecule has 0 aromatic heterocycles. The van der Waals surface area contributed by atoms with Crippen molar-refractivity contribution in [3.8, 4) is 0 Å². The number of urea groups is 1. The first-order valence-electron chi connectivity index (χ1n) is 9.00. The number of anilines is 1. The van der Waals surface area contributed by atoms with Crippen molar-refractivity contribution in [1.82, 2.24) is 10.6 Å². The zero-order chi connectivity index (χ0) is 19.1. The number of amides is 3. The van der Waals surface area contributed by atoms with Gasteiger partial charge >= 0.3 is 6.03 Å². The van der Waals surface area contributed by atoms with Crippen LogP contribution >= 0.6 is 0 Å². The Labute approximate surface area is 158 Å². The third-order valence-corrected chi connectivity index (χ3v) is 4.34. The molecule has 0 saturated carbocycles. The number of hydrogen-bond acceptors (Lipinski definition) is 2. The number of rotatable bonds is 6. The molecule has 3 aromatic carbocycles. The molecule has 0 aliphatic rings. The first-order valence-corrected chi connectivity index (χ1v) is 9.00. The predicted octanol–water partition coefficient (Wildman–Crippen LogP) is 4.23. The lowest BCUT2D eigenvalue weighted by Crippen LogP contribution is -2.34. The van der Waals surface area contributed by atoms with Crippen LogP contribution in [0, 0.1) is 0 Å². The fourth-order valence-electron chi connectivity index (χ4n) is 3.01. The van der Waals surface area contributed by atoms with Gasteiger partial charge in [0, 0.05) is 18.7 Å².